The third kappa shape index (κ3) is 2.44. The molecular weight excluding hydrogens is 231 g/mol. The third-order valence-corrected chi connectivity index (χ3v) is 2.71. The summed E-state index contributed by atoms with van der Waals surface area (Å²) >= 11 is 5.67. The SMILES string of the molecule is CC1CN(c2ncc(Cl)cc2F)CC(C)O1. The number of morpholine rings is 1. The van der Waals surface area contributed by atoms with Crippen LogP contribution in [0.2, 0.25) is 5.02 Å². The summed E-state index contributed by atoms with van der Waals surface area (Å²) in [6.07, 6.45) is 1.63. The second-order valence-electron chi connectivity index (χ2n) is 4.12. The van der Waals surface area contributed by atoms with Crippen molar-refractivity contribution in [3.8, 4) is 0 Å². The number of hydrogen-bond acceptors (Lipinski definition) is 3. The molecule has 0 amide bonds. The quantitative estimate of drug-likeness (QED) is 0.759. The van der Waals surface area contributed by atoms with Gasteiger partial charge in [-0.25, -0.2) is 9.37 Å². The molecule has 3 nitrogen and oxygen atoms in total. The second-order valence-corrected chi connectivity index (χ2v) is 4.56. The number of rotatable bonds is 1. The molecule has 0 bridgehead atoms. The van der Waals surface area contributed by atoms with Gasteiger partial charge in [0.25, 0.3) is 0 Å². The second kappa shape index (κ2) is 4.55. The smallest absolute Gasteiger partial charge is 0.167 e. The van der Waals surface area contributed by atoms with E-state index in [1.807, 2.05) is 18.7 Å². The number of nitrogens with zero attached hydrogens (tertiary/aromatic N) is 2. The molecule has 0 N–H and O–H groups in total. The number of ether oxygens (including phenoxy) is 1. The summed E-state index contributed by atoms with van der Waals surface area (Å²) in [6.45, 7) is 5.23. The number of hydrogen-bond donors (Lipinski definition) is 0. The van der Waals surface area contributed by atoms with Gasteiger partial charge in [0, 0.05) is 19.3 Å². The van der Waals surface area contributed by atoms with Crippen LogP contribution >= 0.6 is 11.6 Å². The van der Waals surface area contributed by atoms with E-state index in [-0.39, 0.29) is 18.0 Å². The highest BCUT2D eigenvalue weighted by atomic mass is 35.5. The summed E-state index contributed by atoms with van der Waals surface area (Å²) < 4.78 is 19.2. The average molecular weight is 245 g/mol. The van der Waals surface area contributed by atoms with E-state index in [1.165, 1.54) is 12.3 Å². The molecule has 1 aromatic heterocycles. The molecule has 0 spiro atoms. The van der Waals surface area contributed by atoms with Gasteiger partial charge in [-0.2, -0.15) is 0 Å². The van der Waals surface area contributed by atoms with Gasteiger partial charge in [0.1, 0.15) is 0 Å². The predicted octanol–water partition coefficient (Wildman–Crippen LogP) is 2.49. The molecule has 0 aromatic carbocycles. The lowest BCUT2D eigenvalue weighted by atomic mass is 10.2. The Morgan fingerprint density at radius 3 is 2.62 bits per heavy atom. The summed E-state index contributed by atoms with van der Waals surface area (Å²) in [7, 11) is 0. The van der Waals surface area contributed by atoms with Crippen LogP contribution in [0.3, 0.4) is 0 Å². The van der Waals surface area contributed by atoms with Gasteiger partial charge in [-0.3, -0.25) is 0 Å². The fourth-order valence-corrected chi connectivity index (χ4v) is 2.14. The molecule has 1 aromatic rings. The summed E-state index contributed by atoms with van der Waals surface area (Å²) in [4.78, 5) is 5.93. The van der Waals surface area contributed by atoms with E-state index in [2.05, 4.69) is 4.98 Å². The van der Waals surface area contributed by atoms with E-state index >= 15 is 0 Å². The Kier molecular flexibility index (Phi) is 3.30. The first-order chi connectivity index (χ1) is 7.56. The molecule has 88 valence electrons. The van der Waals surface area contributed by atoms with Gasteiger partial charge in [0.15, 0.2) is 11.6 Å². The van der Waals surface area contributed by atoms with E-state index < -0.39 is 0 Å². The Morgan fingerprint density at radius 1 is 1.44 bits per heavy atom. The monoisotopic (exact) mass is 244 g/mol. The van der Waals surface area contributed by atoms with Crippen LogP contribution in [0.5, 0.6) is 0 Å². The number of halogens is 2. The highest BCUT2D eigenvalue weighted by molar-refractivity contribution is 6.30. The molecule has 1 aliphatic rings. The maximum atomic E-state index is 13.7. The standard InChI is InChI=1S/C11H14ClFN2O/c1-7-5-15(6-8(2)16-7)11-10(13)3-9(12)4-14-11/h3-4,7-8H,5-6H2,1-2H3. The molecule has 0 saturated carbocycles. The van der Waals surface area contributed by atoms with Crippen molar-refractivity contribution in [3.63, 3.8) is 0 Å². The molecule has 1 saturated heterocycles. The van der Waals surface area contributed by atoms with Crippen molar-refractivity contribution in [1.29, 1.82) is 0 Å². The molecule has 0 radical (unpaired) electrons. The summed E-state index contributed by atoms with van der Waals surface area (Å²) in [5.41, 5.74) is 0. The minimum absolute atomic E-state index is 0.0839. The molecule has 1 fully saturated rings. The first kappa shape index (κ1) is 11.6. The van der Waals surface area contributed by atoms with E-state index in [4.69, 9.17) is 16.3 Å². The summed E-state index contributed by atoms with van der Waals surface area (Å²) in [5, 5.41) is 0.315. The maximum absolute atomic E-state index is 13.7. The van der Waals surface area contributed by atoms with Crippen LogP contribution in [0.4, 0.5) is 10.2 Å². The van der Waals surface area contributed by atoms with Crippen LogP contribution in [-0.4, -0.2) is 30.3 Å². The van der Waals surface area contributed by atoms with Crippen molar-refractivity contribution in [3.05, 3.63) is 23.1 Å². The molecule has 0 aliphatic carbocycles. The van der Waals surface area contributed by atoms with Crippen molar-refractivity contribution in [2.45, 2.75) is 26.1 Å². The van der Waals surface area contributed by atoms with Gasteiger partial charge in [-0.1, -0.05) is 11.6 Å². The van der Waals surface area contributed by atoms with Crippen LogP contribution in [0, 0.1) is 5.82 Å². The van der Waals surface area contributed by atoms with E-state index in [9.17, 15) is 4.39 Å². The molecular formula is C11H14ClFN2O. The third-order valence-electron chi connectivity index (χ3n) is 2.51. The molecule has 2 heterocycles. The minimum atomic E-state index is -0.381. The largest absolute Gasteiger partial charge is 0.372 e. The Labute approximate surface area is 99.2 Å². The fourth-order valence-electron chi connectivity index (χ4n) is 1.99. The van der Waals surface area contributed by atoms with Crippen LogP contribution < -0.4 is 4.90 Å². The molecule has 2 unspecified atom stereocenters. The Morgan fingerprint density at radius 2 is 2.06 bits per heavy atom. The molecule has 2 rings (SSSR count). The number of pyridine rings is 1. The lowest BCUT2D eigenvalue weighted by Gasteiger charge is -2.36. The van der Waals surface area contributed by atoms with Gasteiger partial charge < -0.3 is 9.64 Å². The van der Waals surface area contributed by atoms with Crippen molar-refractivity contribution in [2.75, 3.05) is 18.0 Å². The van der Waals surface area contributed by atoms with Gasteiger partial charge in [-0.15, -0.1) is 0 Å². The number of aromatic nitrogens is 1. The lowest BCUT2D eigenvalue weighted by Crippen LogP contribution is -2.46. The molecule has 1 aliphatic heterocycles. The Balaban J connectivity index is 2.23. The van der Waals surface area contributed by atoms with E-state index in [1.54, 1.807) is 0 Å². The predicted molar refractivity (Wildman–Crippen MR) is 61.4 cm³/mol. The lowest BCUT2D eigenvalue weighted by molar-refractivity contribution is -0.00564. The zero-order chi connectivity index (χ0) is 11.7. The van der Waals surface area contributed by atoms with Crippen molar-refractivity contribution in [2.24, 2.45) is 0 Å². The maximum Gasteiger partial charge on any atom is 0.167 e. The average Bonchev–Trinajstić information content (AvgIpc) is 2.15. The normalized spacial score (nSPS) is 25.9. The minimum Gasteiger partial charge on any atom is -0.372 e. The van der Waals surface area contributed by atoms with E-state index in [0.717, 1.165) is 0 Å². The zero-order valence-corrected chi connectivity index (χ0v) is 10.0. The van der Waals surface area contributed by atoms with Crippen LogP contribution in [0.15, 0.2) is 12.3 Å². The highest BCUT2D eigenvalue weighted by Crippen LogP contribution is 2.23. The molecule has 2 atom stereocenters. The summed E-state index contributed by atoms with van der Waals surface area (Å²) in [6, 6.07) is 1.29. The highest BCUT2D eigenvalue weighted by Gasteiger charge is 2.25. The Bertz CT molecular complexity index is 378. The molecule has 16 heavy (non-hydrogen) atoms. The van der Waals surface area contributed by atoms with Crippen LogP contribution in [-0.2, 0) is 4.74 Å². The number of anilines is 1. The topological polar surface area (TPSA) is 25.4 Å². The van der Waals surface area contributed by atoms with Crippen molar-refractivity contribution >= 4 is 17.4 Å². The zero-order valence-electron chi connectivity index (χ0n) is 9.28. The van der Waals surface area contributed by atoms with Gasteiger partial charge in [0.05, 0.1) is 17.2 Å². The van der Waals surface area contributed by atoms with Crippen LogP contribution in [0.1, 0.15) is 13.8 Å². The van der Waals surface area contributed by atoms with Crippen molar-refractivity contribution < 1.29 is 9.13 Å². The van der Waals surface area contributed by atoms with Gasteiger partial charge >= 0.3 is 0 Å². The van der Waals surface area contributed by atoms with Gasteiger partial charge in [0.2, 0.25) is 0 Å². The van der Waals surface area contributed by atoms with Crippen molar-refractivity contribution in [1.82, 2.24) is 4.98 Å². The first-order valence-corrected chi connectivity index (χ1v) is 5.65. The van der Waals surface area contributed by atoms with Gasteiger partial charge in [-0.05, 0) is 19.9 Å². The van der Waals surface area contributed by atoms with E-state index in [0.29, 0.717) is 23.9 Å². The Hall–Kier alpha value is -0.870. The summed E-state index contributed by atoms with van der Waals surface area (Å²) in [5.74, 6) is -0.0276. The van der Waals surface area contributed by atoms with Crippen LogP contribution in [0.25, 0.3) is 0 Å². The molecule has 5 heteroatoms. The first-order valence-electron chi connectivity index (χ1n) is 5.27. The fraction of sp³-hybridized carbons (Fsp3) is 0.545.